The lowest BCUT2D eigenvalue weighted by atomic mass is 10.2. The van der Waals surface area contributed by atoms with Crippen LogP contribution in [0.2, 0.25) is 0 Å². The third-order valence-electron chi connectivity index (χ3n) is 4.81. The number of carbonyl (C=O) groups excluding carboxylic acids is 2. The first-order chi connectivity index (χ1) is 14.1. The Morgan fingerprint density at radius 2 is 1.97 bits per heavy atom. The van der Waals surface area contributed by atoms with E-state index in [2.05, 4.69) is 22.1 Å². The van der Waals surface area contributed by atoms with Crippen LogP contribution in [-0.2, 0) is 4.79 Å². The lowest BCUT2D eigenvalue weighted by molar-refractivity contribution is -0.910. The number of thiophene rings is 1. The van der Waals surface area contributed by atoms with Gasteiger partial charge in [-0.05, 0) is 37.4 Å². The highest BCUT2D eigenvalue weighted by molar-refractivity contribution is 7.10. The summed E-state index contributed by atoms with van der Waals surface area (Å²) in [4.78, 5) is 27.2. The fourth-order valence-corrected chi connectivity index (χ4v) is 4.54. The summed E-state index contributed by atoms with van der Waals surface area (Å²) in [6.07, 6.45) is 2.16. The maximum Gasteiger partial charge on any atom is 0.326 e. The zero-order valence-electron chi connectivity index (χ0n) is 16.8. The van der Waals surface area contributed by atoms with E-state index in [-0.39, 0.29) is 12.5 Å². The van der Waals surface area contributed by atoms with Crippen LogP contribution in [-0.4, -0.2) is 38.2 Å². The molecule has 2 aromatic rings. The minimum absolute atomic E-state index is 0.281. The van der Waals surface area contributed by atoms with E-state index in [0.717, 1.165) is 19.4 Å². The third-order valence-corrected chi connectivity index (χ3v) is 5.80. The van der Waals surface area contributed by atoms with Crippen LogP contribution in [0.3, 0.4) is 0 Å². The van der Waals surface area contributed by atoms with Gasteiger partial charge in [0.25, 0.3) is 5.91 Å². The summed E-state index contributed by atoms with van der Waals surface area (Å²) in [5.41, 5.74) is 0.534. The lowest BCUT2D eigenvalue weighted by Crippen LogP contribution is -3.11. The molecule has 1 aliphatic heterocycles. The van der Waals surface area contributed by atoms with Gasteiger partial charge in [-0.2, -0.15) is 0 Å². The number of likely N-dealkylation sites (tertiary alicyclic amines) is 1. The number of nitrogens with one attached hydrogen (secondary N) is 3. The van der Waals surface area contributed by atoms with Crippen molar-refractivity contribution in [2.24, 2.45) is 0 Å². The van der Waals surface area contributed by atoms with Crippen molar-refractivity contribution in [3.8, 4) is 11.5 Å². The molecule has 29 heavy (non-hydrogen) atoms. The molecule has 0 bridgehead atoms. The molecule has 156 valence electrons. The van der Waals surface area contributed by atoms with Crippen molar-refractivity contribution in [1.29, 1.82) is 0 Å². The number of urea groups is 1. The van der Waals surface area contributed by atoms with Gasteiger partial charge in [-0.3, -0.25) is 10.1 Å². The Kier molecular flexibility index (Phi) is 7.48. The summed E-state index contributed by atoms with van der Waals surface area (Å²) in [5, 5.41) is 7.19. The number of imide groups is 1. The Balaban J connectivity index is 1.55. The molecule has 1 fully saturated rings. The van der Waals surface area contributed by atoms with Gasteiger partial charge >= 0.3 is 6.03 Å². The molecule has 1 saturated heterocycles. The van der Waals surface area contributed by atoms with Gasteiger partial charge in [-0.15, -0.1) is 11.3 Å². The Morgan fingerprint density at radius 3 is 2.69 bits per heavy atom. The Morgan fingerprint density at radius 1 is 1.17 bits per heavy atom. The van der Waals surface area contributed by atoms with Crippen LogP contribution in [0.25, 0.3) is 0 Å². The highest BCUT2D eigenvalue weighted by atomic mass is 32.1. The van der Waals surface area contributed by atoms with Gasteiger partial charge in [-0.25, -0.2) is 4.79 Å². The second-order valence-corrected chi connectivity index (χ2v) is 7.80. The highest BCUT2D eigenvalue weighted by Crippen LogP contribution is 2.30. The van der Waals surface area contributed by atoms with Crippen LogP contribution in [0.5, 0.6) is 11.5 Å². The van der Waals surface area contributed by atoms with E-state index < -0.39 is 6.03 Å². The quantitative estimate of drug-likeness (QED) is 0.616. The zero-order chi connectivity index (χ0) is 20.6. The number of benzene rings is 1. The summed E-state index contributed by atoms with van der Waals surface area (Å²) in [5.74, 6) is 0.893. The van der Waals surface area contributed by atoms with Crippen molar-refractivity contribution in [3.63, 3.8) is 0 Å². The summed E-state index contributed by atoms with van der Waals surface area (Å²) >= 11 is 1.72. The van der Waals surface area contributed by atoms with Crippen molar-refractivity contribution in [1.82, 2.24) is 5.32 Å². The van der Waals surface area contributed by atoms with Gasteiger partial charge in [0.1, 0.15) is 6.04 Å². The summed E-state index contributed by atoms with van der Waals surface area (Å²) in [6.45, 7) is 6.00. The Bertz CT molecular complexity index is 825. The lowest BCUT2D eigenvalue weighted by Gasteiger charge is -2.20. The van der Waals surface area contributed by atoms with Crippen LogP contribution in [0.4, 0.5) is 10.5 Å². The molecule has 0 aliphatic carbocycles. The molecule has 1 aliphatic rings. The maximum absolute atomic E-state index is 12.4. The molecule has 0 saturated carbocycles. The Labute approximate surface area is 175 Å². The third kappa shape index (κ3) is 5.71. The topological polar surface area (TPSA) is 81.1 Å². The first-order valence-corrected chi connectivity index (χ1v) is 10.9. The molecule has 2 atom stereocenters. The zero-order valence-corrected chi connectivity index (χ0v) is 17.6. The fourth-order valence-electron chi connectivity index (χ4n) is 3.62. The van der Waals surface area contributed by atoms with Crippen LogP contribution in [0, 0.1) is 0 Å². The maximum atomic E-state index is 12.4. The van der Waals surface area contributed by atoms with E-state index in [9.17, 15) is 9.59 Å². The molecular formula is C21H28N3O4S+. The van der Waals surface area contributed by atoms with Gasteiger partial charge in [0.2, 0.25) is 0 Å². The Hall–Kier alpha value is -2.58. The van der Waals surface area contributed by atoms with Crippen LogP contribution in [0.1, 0.15) is 37.6 Å². The second-order valence-electron chi connectivity index (χ2n) is 6.83. The van der Waals surface area contributed by atoms with Gasteiger partial charge in [0.15, 0.2) is 18.0 Å². The smallest absolute Gasteiger partial charge is 0.326 e. The first-order valence-electron chi connectivity index (χ1n) is 9.99. The SMILES string of the molecule is CCOc1ccc(NC(=O)NC(=O)C[NH+]2CCC[C@@H]2c2cccs2)cc1OCC. The predicted molar refractivity (Wildman–Crippen MR) is 113 cm³/mol. The molecule has 8 heteroatoms. The standard InChI is InChI=1S/C21H27N3O4S/c1-3-27-17-10-9-15(13-18(17)28-4-2)22-21(26)23-20(25)14-24-11-5-7-16(24)19-8-6-12-29-19/h6,8-10,12-13,16H,3-5,7,11,14H2,1-2H3,(H2,22,23,25,26)/p+1/t16-/m1/s1. The molecule has 0 spiro atoms. The molecule has 2 heterocycles. The minimum atomic E-state index is -0.548. The molecule has 3 amide bonds. The van der Waals surface area contributed by atoms with Gasteiger partial charge in [0, 0.05) is 24.6 Å². The second kappa shape index (κ2) is 10.3. The van der Waals surface area contributed by atoms with E-state index in [0.29, 0.717) is 36.4 Å². The van der Waals surface area contributed by atoms with Crippen molar-refractivity contribution < 1.29 is 24.0 Å². The average molecular weight is 419 g/mol. The average Bonchev–Trinajstić information content (AvgIpc) is 3.35. The molecular weight excluding hydrogens is 390 g/mol. The van der Waals surface area contributed by atoms with E-state index in [1.807, 2.05) is 19.9 Å². The van der Waals surface area contributed by atoms with E-state index >= 15 is 0 Å². The summed E-state index contributed by atoms with van der Waals surface area (Å²) in [6, 6.07) is 9.10. The van der Waals surface area contributed by atoms with Crippen LogP contribution >= 0.6 is 11.3 Å². The first kappa shape index (κ1) is 21.1. The van der Waals surface area contributed by atoms with Crippen molar-refractivity contribution in [2.75, 3.05) is 31.6 Å². The minimum Gasteiger partial charge on any atom is -0.490 e. The van der Waals surface area contributed by atoms with E-state index in [4.69, 9.17) is 9.47 Å². The molecule has 1 aromatic carbocycles. The molecule has 3 rings (SSSR count). The number of amides is 3. The number of ether oxygens (including phenoxy) is 2. The van der Waals surface area contributed by atoms with Gasteiger partial charge in [0.05, 0.1) is 24.6 Å². The van der Waals surface area contributed by atoms with E-state index in [1.54, 1.807) is 29.5 Å². The van der Waals surface area contributed by atoms with Crippen molar-refractivity contribution in [3.05, 3.63) is 40.6 Å². The normalized spacial score (nSPS) is 18.3. The highest BCUT2D eigenvalue weighted by Gasteiger charge is 2.32. The molecule has 3 N–H and O–H groups in total. The molecule has 1 aromatic heterocycles. The molecule has 0 radical (unpaired) electrons. The summed E-state index contributed by atoms with van der Waals surface area (Å²) < 4.78 is 11.1. The predicted octanol–water partition coefficient (Wildman–Crippen LogP) is 2.61. The van der Waals surface area contributed by atoms with Crippen molar-refractivity contribution >= 4 is 29.0 Å². The van der Waals surface area contributed by atoms with Crippen molar-refractivity contribution in [2.45, 2.75) is 32.7 Å². The number of carbonyl (C=O) groups is 2. The number of rotatable bonds is 8. The largest absolute Gasteiger partial charge is 0.490 e. The van der Waals surface area contributed by atoms with Gasteiger partial charge in [-0.1, -0.05) is 6.07 Å². The van der Waals surface area contributed by atoms with Crippen LogP contribution < -0.4 is 25.0 Å². The van der Waals surface area contributed by atoms with Gasteiger partial charge < -0.3 is 19.7 Å². The summed E-state index contributed by atoms with van der Waals surface area (Å²) in [7, 11) is 0. The number of hydrogen-bond donors (Lipinski definition) is 3. The van der Waals surface area contributed by atoms with E-state index in [1.165, 1.54) is 9.78 Å². The number of hydrogen-bond acceptors (Lipinski definition) is 5. The molecule has 1 unspecified atom stereocenters. The van der Waals surface area contributed by atoms with Crippen LogP contribution in [0.15, 0.2) is 35.7 Å². The fraction of sp³-hybridized carbons (Fsp3) is 0.429. The molecule has 7 nitrogen and oxygen atoms in total. The monoisotopic (exact) mass is 418 g/mol. The number of anilines is 1. The number of quaternary nitrogens is 1.